The van der Waals surface area contributed by atoms with Crippen LogP contribution in [0.5, 0.6) is 0 Å². The molecule has 134 valence electrons. The van der Waals surface area contributed by atoms with Gasteiger partial charge in [0.2, 0.25) is 0 Å². The van der Waals surface area contributed by atoms with Crippen LogP contribution in [0.4, 0.5) is 0 Å². The lowest BCUT2D eigenvalue weighted by Crippen LogP contribution is -2.31. The SMILES string of the molecule is CCc1cc(C(=O)N[C@@H](c2ccncc2)c2cc(C)ccc2C)n(C)n1. The minimum atomic E-state index is -0.245. The minimum Gasteiger partial charge on any atom is -0.340 e. The molecular weight excluding hydrogens is 324 g/mol. The summed E-state index contributed by atoms with van der Waals surface area (Å²) in [4.78, 5) is 17.1. The van der Waals surface area contributed by atoms with Crippen LogP contribution in [0.3, 0.4) is 0 Å². The molecule has 0 unspecified atom stereocenters. The van der Waals surface area contributed by atoms with E-state index in [2.05, 4.69) is 47.4 Å². The van der Waals surface area contributed by atoms with Crippen LogP contribution >= 0.6 is 0 Å². The van der Waals surface area contributed by atoms with Gasteiger partial charge in [-0.05, 0) is 55.2 Å². The predicted molar refractivity (Wildman–Crippen MR) is 102 cm³/mol. The number of nitrogens with zero attached hydrogens (tertiary/aromatic N) is 3. The maximum atomic E-state index is 13.0. The minimum absolute atomic E-state index is 0.137. The first-order chi connectivity index (χ1) is 12.5. The molecule has 2 heterocycles. The predicted octanol–water partition coefficient (Wildman–Crippen LogP) is 3.51. The van der Waals surface area contributed by atoms with E-state index in [9.17, 15) is 4.79 Å². The van der Waals surface area contributed by atoms with Gasteiger partial charge < -0.3 is 5.32 Å². The van der Waals surface area contributed by atoms with Gasteiger partial charge in [-0.2, -0.15) is 5.10 Å². The number of pyridine rings is 1. The van der Waals surface area contributed by atoms with E-state index in [1.165, 1.54) is 0 Å². The third-order valence-electron chi connectivity index (χ3n) is 4.59. The van der Waals surface area contributed by atoms with E-state index < -0.39 is 0 Å². The Morgan fingerprint density at radius 2 is 1.88 bits per heavy atom. The lowest BCUT2D eigenvalue weighted by molar-refractivity contribution is 0.0933. The van der Waals surface area contributed by atoms with Gasteiger partial charge in [-0.15, -0.1) is 0 Å². The summed E-state index contributed by atoms with van der Waals surface area (Å²) < 4.78 is 1.64. The Labute approximate surface area is 154 Å². The van der Waals surface area contributed by atoms with Crippen LogP contribution in [0.1, 0.15) is 51.4 Å². The van der Waals surface area contributed by atoms with Crippen molar-refractivity contribution in [1.29, 1.82) is 0 Å². The topological polar surface area (TPSA) is 59.8 Å². The number of carbonyl (C=O) groups excluding carboxylic acids is 1. The zero-order valence-electron chi connectivity index (χ0n) is 15.7. The zero-order chi connectivity index (χ0) is 18.7. The number of aryl methyl sites for hydroxylation is 4. The molecule has 1 aromatic carbocycles. The van der Waals surface area contributed by atoms with E-state index in [4.69, 9.17) is 0 Å². The Bertz CT molecular complexity index is 915. The molecule has 1 N–H and O–H groups in total. The van der Waals surface area contributed by atoms with Crippen molar-refractivity contribution in [2.24, 2.45) is 7.05 Å². The van der Waals surface area contributed by atoms with Crippen LogP contribution in [0.25, 0.3) is 0 Å². The van der Waals surface area contributed by atoms with Crippen LogP contribution in [0.2, 0.25) is 0 Å². The van der Waals surface area contributed by atoms with E-state index in [-0.39, 0.29) is 11.9 Å². The normalized spacial score (nSPS) is 12.0. The standard InChI is InChI=1S/C21H24N4O/c1-5-17-13-19(25(4)24-17)21(26)23-20(16-8-10-22-11-9-16)18-12-14(2)6-7-15(18)3/h6-13,20H,5H2,1-4H3,(H,23,26)/t20-/m0/s1. The Morgan fingerprint density at radius 3 is 2.54 bits per heavy atom. The third kappa shape index (κ3) is 3.67. The fourth-order valence-electron chi connectivity index (χ4n) is 3.08. The molecule has 0 fully saturated rings. The van der Waals surface area contributed by atoms with Crippen LogP contribution in [-0.2, 0) is 13.5 Å². The second-order valence-corrected chi connectivity index (χ2v) is 6.55. The molecular formula is C21H24N4O. The molecule has 0 bridgehead atoms. The van der Waals surface area contributed by atoms with Gasteiger partial charge in [0.15, 0.2) is 0 Å². The van der Waals surface area contributed by atoms with Gasteiger partial charge in [-0.3, -0.25) is 14.5 Å². The van der Waals surface area contributed by atoms with Crippen LogP contribution in [0.15, 0.2) is 48.8 Å². The summed E-state index contributed by atoms with van der Waals surface area (Å²) in [6, 6.07) is 11.8. The average molecular weight is 348 g/mol. The molecule has 5 nitrogen and oxygen atoms in total. The summed E-state index contributed by atoms with van der Waals surface area (Å²) >= 11 is 0. The van der Waals surface area contributed by atoms with Crippen molar-refractivity contribution in [2.75, 3.05) is 0 Å². The number of rotatable bonds is 5. The summed E-state index contributed by atoms with van der Waals surface area (Å²) in [5.74, 6) is -0.137. The largest absolute Gasteiger partial charge is 0.340 e. The highest BCUT2D eigenvalue weighted by molar-refractivity contribution is 5.93. The summed E-state index contributed by atoms with van der Waals surface area (Å²) in [7, 11) is 1.80. The second kappa shape index (κ2) is 7.52. The van der Waals surface area contributed by atoms with E-state index in [0.717, 1.165) is 34.4 Å². The van der Waals surface area contributed by atoms with Crippen LogP contribution in [-0.4, -0.2) is 20.7 Å². The number of nitrogens with one attached hydrogen (secondary N) is 1. The number of benzene rings is 1. The van der Waals surface area contributed by atoms with Crippen LogP contribution < -0.4 is 5.32 Å². The quantitative estimate of drug-likeness (QED) is 0.767. The summed E-state index contributed by atoms with van der Waals surface area (Å²) in [6.07, 6.45) is 4.30. The number of aromatic nitrogens is 3. The molecule has 0 saturated carbocycles. The molecule has 0 aliphatic carbocycles. The average Bonchev–Trinajstić information content (AvgIpc) is 3.03. The molecule has 0 aliphatic rings. The fourth-order valence-corrected chi connectivity index (χ4v) is 3.08. The third-order valence-corrected chi connectivity index (χ3v) is 4.59. The van der Waals surface area contributed by atoms with Gasteiger partial charge in [-0.25, -0.2) is 0 Å². The highest BCUT2D eigenvalue weighted by atomic mass is 16.2. The van der Waals surface area contributed by atoms with Crippen LogP contribution in [0, 0.1) is 13.8 Å². The van der Waals surface area contributed by atoms with Crippen molar-refractivity contribution < 1.29 is 4.79 Å². The van der Waals surface area contributed by atoms with Crippen molar-refractivity contribution in [3.05, 3.63) is 82.4 Å². The maximum Gasteiger partial charge on any atom is 0.270 e. The second-order valence-electron chi connectivity index (χ2n) is 6.55. The number of hydrogen-bond acceptors (Lipinski definition) is 3. The van der Waals surface area contributed by atoms with Crippen molar-refractivity contribution in [2.45, 2.75) is 33.2 Å². The van der Waals surface area contributed by atoms with E-state index in [1.54, 1.807) is 24.1 Å². The molecule has 0 spiro atoms. The first-order valence-electron chi connectivity index (χ1n) is 8.80. The number of amides is 1. The monoisotopic (exact) mass is 348 g/mol. The highest BCUT2D eigenvalue weighted by Crippen LogP contribution is 2.26. The smallest absolute Gasteiger partial charge is 0.270 e. The van der Waals surface area contributed by atoms with E-state index in [1.807, 2.05) is 25.1 Å². The lowest BCUT2D eigenvalue weighted by atomic mass is 9.94. The summed E-state index contributed by atoms with van der Waals surface area (Å²) in [5, 5.41) is 7.57. The molecule has 5 heteroatoms. The Hall–Kier alpha value is -2.95. The highest BCUT2D eigenvalue weighted by Gasteiger charge is 2.21. The van der Waals surface area contributed by atoms with Crippen molar-refractivity contribution in [1.82, 2.24) is 20.1 Å². The molecule has 3 aromatic rings. The van der Waals surface area contributed by atoms with E-state index >= 15 is 0 Å². The van der Waals surface area contributed by atoms with Gasteiger partial charge in [-0.1, -0.05) is 30.7 Å². The molecule has 3 rings (SSSR count). The number of carbonyl (C=O) groups is 1. The van der Waals surface area contributed by atoms with Gasteiger partial charge in [0, 0.05) is 19.4 Å². The van der Waals surface area contributed by atoms with Gasteiger partial charge in [0.05, 0.1) is 11.7 Å². The molecule has 2 aromatic heterocycles. The van der Waals surface area contributed by atoms with Gasteiger partial charge in [0.25, 0.3) is 5.91 Å². The molecule has 0 radical (unpaired) electrons. The van der Waals surface area contributed by atoms with Gasteiger partial charge >= 0.3 is 0 Å². The fraction of sp³-hybridized carbons (Fsp3) is 0.286. The Balaban J connectivity index is 2.00. The molecule has 26 heavy (non-hydrogen) atoms. The first-order valence-corrected chi connectivity index (χ1v) is 8.80. The first kappa shape index (κ1) is 17.9. The Kier molecular flexibility index (Phi) is 5.16. The van der Waals surface area contributed by atoms with Crippen molar-refractivity contribution in [3.63, 3.8) is 0 Å². The summed E-state index contributed by atoms with van der Waals surface area (Å²) in [6.45, 7) is 6.15. The Morgan fingerprint density at radius 1 is 1.15 bits per heavy atom. The van der Waals surface area contributed by atoms with Gasteiger partial charge in [0.1, 0.15) is 5.69 Å². The summed E-state index contributed by atoms with van der Waals surface area (Å²) in [5.41, 5.74) is 5.85. The maximum absolute atomic E-state index is 13.0. The molecule has 0 aliphatic heterocycles. The number of hydrogen-bond donors (Lipinski definition) is 1. The van der Waals surface area contributed by atoms with Crippen molar-refractivity contribution >= 4 is 5.91 Å². The lowest BCUT2D eigenvalue weighted by Gasteiger charge is -2.22. The molecule has 1 atom stereocenters. The van der Waals surface area contributed by atoms with Crippen molar-refractivity contribution in [3.8, 4) is 0 Å². The molecule has 1 amide bonds. The van der Waals surface area contributed by atoms with E-state index in [0.29, 0.717) is 5.69 Å². The molecule has 0 saturated heterocycles. The zero-order valence-corrected chi connectivity index (χ0v) is 15.7.